The number of nitrogens with two attached hydrogens (primary N) is 1. The summed E-state index contributed by atoms with van der Waals surface area (Å²) < 4.78 is 6.49. The lowest BCUT2D eigenvalue weighted by atomic mass is 10.3. The molecule has 5 heteroatoms. The summed E-state index contributed by atoms with van der Waals surface area (Å²) in [5.74, 6) is 0.557. The second kappa shape index (κ2) is 4.69. The molecule has 88 valence electrons. The Kier molecular flexibility index (Phi) is 3.09. The van der Waals surface area contributed by atoms with Crippen LogP contribution in [0.25, 0.3) is 5.69 Å². The number of anilines is 1. The van der Waals surface area contributed by atoms with Crippen LogP contribution in [0.1, 0.15) is 6.92 Å². The molecule has 1 aromatic heterocycles. The molecular weight excluding hydrogens is 218 g/mol. The number of nitrogen functional groups attached to an aromatic ring is 1. The Morgan fingerprint density at radius 2 is 2.06 bits per heavy atom. The minimum Gasteiger partial charge on any atom is -0.478 e. The quantitative estimate of drug-likeness (QED) is 0.862. The van der Waals surface area contributed by atoms with Crippen LogP contribution < -0.4 is 16.2 Å². The van der Waals surface area contributed by atoms with Crippen molar-refractivity contribution in [3.8, 4) is 11.6 Å². The van der Waals surface area contributed by atoms with Gasteiger partial charge in [-0.3, -0.25) is 0 Å². The van der Waals surface area contributed by atoms with Crippen LogP contribution >= 0.6 is 0 Å². The number of nitrogens with zero attached hydrogens (tertiary/aromatic N) is 2. The second-order valence-electron chi connectivity index (χ2n) is 3.41. The van der Waals surface area contributed by atoms with Crippen molar-refractivity contribution in [2.24, 2.45) is 0 Å². The van der Waals surface area contributed by atoms with E-state index in [0.29, 0.717) is 18.1 Å². The summed E-state index contributed by atoms with van der Waals surface area (Å²) in [5, 5.41) is 0. The van der Waals surface area contributed by atoms with E-state index in [0.717, 1.165) is 0 Å². The molecule has 0 aliphatic carbocycles. The number of aromatic nitrogens is 2. The van der Waals surface area contributed by atoms with Crippen molar-refractivity contribution < 1.29 is 4.74 Å². The molecule has 0 aliphatic rings. The third-order valence-electron chi connectivity index (χ3n) is 2.23. The summed E-state index contributed by atoms with van der Waals surface area (Å²) in [7, 11) is 0. The first-order chi connectivity index (χ1) is 8.22. The molecule has 5 nitrogen and oxygen atoms in total. The normalized spacial score (nSPS) is 10.2. The Balaban J connectivity index is 2.53. The fourth-order valence-electron chi connectivity index (χ4n) is 1.54. The van der Waals surface area contributed by atoms with E-state index in [-0.39, 0.29) is 5.88 Å². The van der Waals surface area contributed by atoms with Crippen LogP contribution in [0.5, 0.6) is 5.88 Å². The molecule has 0 fully saturated rings. The third kappa shape index (κ3) is 2.28. The number of benzene rings is 1. The minimum atomic E-state index is -0.445. The number of ether oxygens (including phenoxy) is 1. The van der Waals surface area contributed by atoms with Gasteiger partial charge in [0.1, 0.15) is 5.82 Å². The Morgan fingerprint density at radius 3 is 2.65 bits per heavy atom. The van der Waals surface area contributed by atoms with Crippen molar-refractivity contribution >= 4 is 5.82 Å². The van der Waals surface area contributed by atoms with E-state index in [9.17, 15) is 4.79 Å². The van der Waals surface area contributed by atoms with Crippen LogP contribution in [0.15, 0.2) is 41.2 Å². The standard InChI is InChI=1S/C12H13N3O2/c1-2-17-11-8-10(13)15(12(16)14-11)9-6-4-3-5-7-9/h3-8H,2,13H2,1H3. The van der Waals surface area contributed by atoms with Crippen LogP contribution in [-0.4, -0.2) is 16.2 Å². The fraction of sp³-hybridized carbons (Fsp3) is 0.167. The first-order valence-electron chi connectivity index (χ1n) is 5.30. The van der Waals surface area contributed by atoms with Crippen LogP contribution in [0, 0.1) is 0 Å². The van der Waals surface area contributed by atoms with E-state index in [1.807, 2.05) is 25.1 Å². The van der Waals surface area contributed by atoms with Crippen LogP contribution in [0.3, 0.4) is 0 Å². The van der Waals surface area contributed by atoms with E-state index in [4.69, 9.17) is 10.5 Å². The highest BCUT2D eigenvalue weighted by molar-refractivity contribution is 5.43. The monoisotopic (exact) mass is 231 g/mol. The Hall–Kier alpha value is -2.30. The lowest BCUT2D eigenvalue weighted by molar-refractivity contribution is 0.324. The van der Waals surface area contributed by atoms with E-state index in [2.05, 4.69) is 4.98 Å². The SMILES string of the molecule is CCOc1cc(N)n(-c2ccccc2)c(=O)n1. The van der Waals surface area contributed by atoms with E-state index >= 15 is 0 Å². The fourth-order valence-corrected chi connectivity index (χ4v) is 1.54. The zero-order valence-corrected chi connectivity index (χ0v) is 9.46. The summed E-state index contributed by atoms with van der Waals surface area (Å²) in [5.41, 5.74) is 6.07. The summed E-state index contributed by atoms with van der Waals surface area (Å²) in [4.78, 5) is 15.6. The van der Waals surface area contributed by atoms with Gasteiger partial charge in [-0.05, 0) is 19.1 Å². The van der Waals surface area contributed by atoms with Crippen molar-refractivity contribution in [1.82, 2.24) is 9.55 Å². The molecule has 0 saturated carbocycles. The lowest BCUT2D eigenvalue weighted by Crippen LogP contribution is -2.24. The van der Waals surface area contributed by atoms with E-state index in [1.54, 1.807) is 12.1 Å². The third-order valence-corrected chi connectivity index (χ3v) is 2.23. The van der Waals surface area contributed by atoms with Gasteiger partial charge in [-0.1, -0.05) is 18.2 Å². The topological polar surface area (TPSA) is 70.1 Å². The van der Waals surface area contributed by atoms with Gasteiger partial charge in [0.05, 0.1) is 12.3 Å². The molecule has 0 amide bonds. The molecule has 2 aromatic rings. The Bertz CT molecular complexity index is 564. The molecule has 0 spiro atoms. The molecular formula is C12H13N3O2. The Morgan fingerprint density at radius 1 is 1.35 bits per heavy atom. The summed E-state index contributed by atoms with van der Waals surface area (Å²) in [6.07, 6.45) is 0. The average Bonchev–Trinajstić information content (AvgIpc) is 2.30. The first-order valence-corrected chi connectivity index (χ1v) is 5.30. The first kappa shape index (κ1) is 11.2. The Labute approximate surface area is 98.5 Å². The number of hydrogen-bond acceptors (Lipinski definition) is 4. The summed E-state index contributed by atoms with van der Waals surface area (Å²) in [6.45, 7) is 2.27. The molecule has 1 heterocycles. The maximum absolute atomic E-state index is 11.8. The van der Waals surface area contributed by atoms with Gasteiger partial charge in [0.2, 0.25) is 5.88 Å². The summed E-state index contributed by atoms with van der Waals surface area (Å²) >= 11 is 0. The molecule has 0 radical (unpaired) electrons. The molecule has 1 aromatic carbocycles. The second-order valence-corrected chi connectivity index (χ2v) is 3.41. The molecule has 0 bridgehead atoms. The number of rotatable bonds is 3. The van der Waals surface area contributed by atoms with Gasteiger partial charge in [0.15, 0.2) is 0 Å². The maximum Gasteiger partial charge on any atom is 0.357 e. The lowest BCUT2D eigenvalue weighted by Gasteiger charge is -2.10. The van der Waals surface area contributed by atoms with Crippen molar-refractivity contribution in [3.05, 3.63) is 46.9 Å². The summed E-state index contributed by atoms with van der Waals surface area (Å²) in [6, 6.07) is 10.7. The highest BCUT2D eigenvalue weighted by Crippen LogP contribution is 2.13. The molecule has 0 unspecified atom stereocenters. The predicted octanol–water partition coefficient (Wildman–Crippen LogP) is 1.21. The zero-order chi connectivity index (χ0) is 12.3. The maximum atomic E-state index is 11.8. The molecule has 2 rings (SSSR count). The highest BCUT2D eigenvalue weighted by Gasteiger charge is 2.07. The molecule has 0 atom stereocenters. The molecule has 0 saturated heterocycles. The van der Waals surface area contributed by atoms with Crippen LogP contribution in [0.4, 0.5) is 5.82 Å². The van der Waals surface area contributed by atoms with E-state index in [1.165, 1.54) is 10.6 Å². The predicted molar refractivity (Wildman–Crippen MR) is 65.4 cm³/mol. The van der Waals surface area contributed by atoms with Crippen molar-refractivity contribution in [1.29, 1.82) is 0 Å². The van der Waals surface area contributed by atoms with Gasteiger partial charge in [0.25, 0.3) is 0 Å². The van der Waals surface area contributed by atoms with Gasteiger partial charge >= 0.3 is 5.69 Å². The van der Waals surface area contributed by atoms with Gasteiger partial charge in [-0.15, -0.1) is 0 Å². The van der Waals surface area contributed by atoms with Crippen LogP contribution in [-0.2, 0) is 0 Å². The minimum absolute atomic E-state index is 0.252. The van der Waals surface area contributed by atoms with Crippen molar-refractivity contribution in [2.75, 3.05) is 12.3 Å². The van der Waals surface area contributed by atoms with Crippen LogP contribution in [0.2, 0.25) is 0 Å². The van der Waals surface area contributed by atoms with Gasteiger partial charge in [-0.2, -0.15) is 4.98 Å². The molecule has 0 aliphatic heterocycles. The van der Waals surface area contributed by atoms with Crippen molar-refractivity contribution in [2.45, 2.75) is 6.92 Å². The number of para-hydroxylation sites is 1. The smallest absolute Gasteiger partial charge is 0.357 e. The number of hydrogen-bond donors (Lipinski definition) is 1. The average molecular weight is 231 g/mol. The van der Waals surface area contributed by atoms with Gasteiger partial charge in [-0.25, -0.2) is 9.36 Å². The highest BCUT2D eigenvalue weighted by atomic mass is 16.5. The van der Waals surface area contributed by atoms with Gasteiger partial charge in [0, 0.05) is 6.07 Å². The molecule has 2 N–H and O–H groups in total. The van der Waals surface area contributed by atoms with Gasteiger partial charge < -0.3 is 10.5 Å². The van der Waals surface area contributed by atoms with Crippen molar-refractivity contribution in [3.63, 3.8) is 0 Å². The largest absolute Gasteiger partial charge is 0.478 e. The molecule has 17 heavy (non-hydrogen) atoms. The zero-order valence-electron chi connectivity index (χ0n) is 9.46. The van der Waals surface area contributed by atoms with E-state index < -0.39 is 5.69 Å².